The molecule has 0 bridgehead atoms. The second kappa shape index (κ2) is 9.50. The van der Waals surface area contributed by atoms with E-state index in [1.807, 2.05) is 25.1 Å². The molecule has 20 heavy (non-hydrogen) atoms. The van der Waals surface area contributed by atoms with E-state index in [-0.39, 0.29) is 5.78 Å². The molecule has 0 spiro atoms. The number of benzene rings is 1. The Morgan fingerprint density at radius 2 is 1.85 bits per heavy atom. The van der Waals surface area contributed by atoms with Crippen LogP contribution in [0.3, 0.4) is 0 Å². The van der Waals surface area contributed by atoms with Crippen LogP contribution in [0.2, 0.25) is 0 Å². The van der Waals surface area contributed by atoms with Crippen LogP contribution in [-0.2, 0) is 4.74 Å². The minimum absolute atomic E-state index is 0.0318. The van der Waals surface area contributed by atoms with Crippen molar-refractivity contribution in [3.05, 3.63) is 29.8 Å². The van der Waals surface area contributed by atoms with Crippen molar-refractivity contribution in [2.45, 2.75) is 20.8 Å². The van der Waals surface area contributed by atoms with Gasteiger partial charge in [0.25, 0.3) is 0 Å². The van der Waals surface area contributed by atoms with Crippen molar-refractivity contribution in [3.8, 4) is 5.75 Å². The second-order valence-electron chi connectivity index (χ2n) is 4.53. The van der Waals surface area contributed by atoms with Crippen LogP contribution in [0.15, 0.2) is 24.3 Å². The summed E-state index contributed by atoms with van der Waals surface area (Å²) in [5, 5.41) is 0. The molecule has 0 aliphatic carbocycles. The molecule has 0 N–H and O–H groups in total. The second-order valence-corrected chi connectivity index (χ2v) is 4.53. The predicted octanol–water partition coefficient (Wildman–Crippen LogP) is 2.63. The van der Waals surface area contributed by atoms with E-state index in [0.717, 1.165) is 32.8 Å². The molecule has 0 unspecified atom stereocenters. The van der Waals surface area contributed by atoms with Crippen LogP contribution in [-0.4, -0.2) is 50.1 Å². The highest BCUT2D eigenvalue weighted by Crippen LogP contribution is 2.18. The van der Waals surface area contributed by atoms with Gasteiger partial charge in [-0.1, -0.05) is 19.1 Å². The number of hydrogen-bond donors (Lipinski definition) is 0. The van der Waals surface area contributed by atoms with E-state index in [4.69, 9.17) is 9.47 Å². The molecule has 0 amide bonds. The average molecular weight is 279 g/mol. The van der Waals surface area contributed by atoms with Crippen LogP contribution in [0.1, 0.15) is 31.1 Å². The first-order valence-electron chi connectivity index (χ1n) is 7.21. The molecule has 0 fully saturated rings. The van der Waals surface area contributed by atoms with Gasteiger partial charge in [-0.25, -0.2) is 0 Å². The summed E-state index contributed by atoms with van der Waals surface area (Å²) in [5.41, 5.74) is 0.643. The summed E-state index contributed by atoms with van der Waals surface area (Å²) in [6, 6.07) is 7.37. The maximum Gasteiger partial charge on any atom is 0.163 e. The lowest BCUT2D eigenvalue weighted by molar-refractivity contribution is 0.100. The van der Waals surface area contributed by atoms with E-state index in [0.29, 0.717) is 17.9 Å². The quantitative estimate of drug-likeness (QED) is 0.487. The molecule has 0 aliphatic heterocycles. The maximum absolute atomic E-state index is 11.5. The molecule has 112 valence electrons. The van der Waals surface area contributed by atoms with E-state index in [1.54, 1.807) is 13.0 Å². The fourth-order valence-electron chi connectivity index (χ4n) is 1.93. The third-order valence-corrected chi connectivity index (χ3v) is 3.13. The number of carbonyl (C=O) groups excluding carboxylic acids is 1. The summed E-state index contributed by atoms with van der Waals surface area (Å²) in [7, 11) is 0. The van der Waals surface area contributed by atoms with E-state index in [2.05, 4.69) is 11.8 Å². The summed E-state index contributed by atoms with van der Waals surface area (Å²) >= 11 is 0. The Morgan fingerprint density at radius 3 is 2.50 bits per heavy atom. The van der Waals surface area contributed by atoms with Gasteiger partial charge in [0.2, 0.25) is 0 Å². The third kappa shape index (κ3) is 5.72. The minimum Gasteiger partial charge on any atom is -0.491 e. The highest BCUT2D eigenvalue weighted by molar-refractivity contribution is 5.96. The smallest absolute Gasteiger partial charge is 0.163 e. The Bertz CT molecular complexity index is 406. The molecule has 0 saturated heterocycles. The lowest BCUT2D eigenvalue weighted by atomic mass is 10.1. The van der Waals surface area contributed by atoms with Gasteiger partial charge < -0.3 is 9.47 Å². The minimum atomic E-state index is 0.0318. The van der Waals surface area contributed by atoms with Gasteiger partial charge in [0, 0.05) is 19.7 Å². The number of hydrogen-bond acceptors (Lipinski definition) is 4. The zero-order chi connectivity index (χ0) is 14.8. The van der Waals surface area contributed by atoms with Gasteiger partial charge in [0.1, 0.15) is 12.4 Å². The lowest BCUT2D eigenvalue weighted by Gasteiger charge is -2.20. The Kier molecular flexibility index (Phi) is 7.92. The fourth-order valence-corrected chi connectivity index (χ4v) is 1.93. The van der Waals surface area contributed by atoms with Crippen molar-refractivity contribution in [2.75, 3.05) is 39.5 Å². The van der Waals surface area contributed by atoms with Gasteiger partial charge in [-0.3, -0.25) is 9.69 Å². The zero-order valence-corrected chi connectivity index (χ0v) is 12.7. The fraction of sp³-hybridized carbons (Fsp3) is 0.562. The van der Waals surface area contributed by atoms with E-state index >= 15 is 0 Å². The third-order valence-electron chi connectivity index (χ3n) is 3.13. The average Bonchev–Trinajstić information content (AvgIpc) is 2.46. The monoisotopic (exact) mass is 279 g/mol. The van der Waals surface area contributed by atoms with Crippen LogP contribution in [0.5, 0.6) is 5.75 Å². The van der Waals surface area contributed by atoms with Gasteiger partial charge in [0.15, 0.2) is 5.78 Å². The molecule has 0 radical (unpaired) electrons. The topological polar surface area (TPSA) is 38.8 Å². The van der Waals surface area contributed by atoms with Crippen LogP contribution < -0.4 is 4.74 Å². The summed E-state index contributed by atoms with van der Waals surface area (Å²) in [4.78, 5) is 13.8. The van der Waals surface area contributed by atoms with Gasteiger partial charge in [-0.15, -0.1) is 0 Å². The number of rotatable bonds is 10. The highest BCUT2D eigenvalue weighted by atomic mass is 16.5. The van der Waals surface area contributed by atoms with Gasteiger partial charge in [-0.2, -0.15) is 0 Å². The largest absolute Gasteiger partial charge is 0.491 e. The van der Waals surface area contributed by atoms with E-state index < -0.39 is 0 Å². The number of likely N-dealkylation sites (N-methyl/N-ethyl adjacent to an activating group) is 1. The zero-order valence-electron chi connectivity index (χ0n) is 12.7. The number of carbonyl (C=O) groups is 1. The molecule has 1 aromatic rings. The van der Waals surface area contributed by atoms with Crippen LogP contribution >= 0.6 is 0 Å². The number of nitrogens with zero attached hydrogens (tertiary/aromatic N) is 1. The van der Waals surface area contributed by atoms with Gasteiger partial charge in [0.05, 0.1) is 12.2 Å². The van der Waals surface area contributed by atoms with Crippen molar-refractivity contribution in [2.24, 2.45) is 0 Å². The summed E-state index contributed by atoms with van der Waals surface area (Å²) in [6.45, 7) is 10.4. The predicted molar refractivity (Wildman–Crippen MR) is 80.5 cm³/mol. The first kappa shape index (κ1) is 16.7. The molecule has 4 heteroatoms. The van der Waals surface area contributed by atoms with Crippen molar-refractivity contribution in [3.63, 3.8) is 0 Å². The summed E-state index contributed by atoms with van der Waals surface area (Å²) < 4.78 is 11.1. The Balaban J connectivity index is 2.41. The molecule has 0 atom stereocenters. The molecule has 1 aromatic carbocycles. The molecular formula is C16H25NO3. The Morgan fingerprint density at radius 1 is 1.15 bits per heavy atom. The normalized spacial score (nSPS) is 10.8. The first-order valence-corrected chi connectivity index (χ1v) is 7.21. The highest BCUT2D eigenvalue weighted by Gasteiger charge is 2.08. The molecule has 4 nitrogen and oxygen atoms in total. The Hall–Kier alpha value is -1.39. The van der Waals surface area contributed by atoms with Crippen molar-refractivity contribution < 1.29 is 14.3 Å². The molecule has 0 aromatic heterocycles. The standard InChI is InChI=1S/C16H25NO3/c1-4-17(10-12-19-5-2)11-13-20-16-9-7-6-8-15(16)14(3)18/h6-9H,4-5,10-13H2,1-3H3. The molecular weight excluding hydrogens is 254 g/mol. The van der Waals surface area contributed by atoms with Gasteiger partial charge in [-0.05, 0) is 32.5 Å². The summed E-state index contributed by atoms with van der Waals surface area (Å²) in [5.74, 6) is 0.699. The maximum atomic E-state index is 11.5. The van der Waals surface area contributed by atoms with Crippen molar-refractivity contribution >= 4 is 5.78 Å². The Labute approximate surface area is 121 Å². The number of para-hydroxylation sites is 1. The summed E-state index contributed by atoms with van der Waals surface area (Å²) in [6.07, 6.45) is 0. The number of ether oxygens (including phenoxy) is 2. The van der Waals surface area contributed by atoms with E-state index in [1.165, 1.54) is 0 Å². The van der Waals surface area contributed by atoms with Crippen LogP contribution in [0.25, 0.3) is 0 Å². The lowest BCUT2D eigenvalue weighted by Crippen LogP contribution is -2.31. The molecule has 0 aliphatic rings. The molecule has 0 heterocycles. The van der Waals surface area contributed by atoms with Crippen LogP contribution in [0, 0.1) is 0 Å². The van der Waals surface area contributed by atoms with Crippen molar-refractivity contribution in [1.29, 1.82) is 0 Å². The number of ketones is 1. The van der Waals surface area contributed by atoms with Crippen molar-refractivity contribution in [1.82, 2.24) is 4.90 Å². The van der Waals surface area contributed by atoms with E-state index in [9.17, 15) is 4.79 Å². The SMILES string of the molecule is CCOCCN(CC)CCOc1ccccc1C(C)=O. The molecule has 1 rings (SSSR count). The number of Topliss-reactive ketones (excluding diaryl/α,β-unsaturated/α-hetero) is 1. The first-order chi connectivity index (χ1) is 9.69. The van der Waals surface area contributed by atoms with Crippen LogP contribution in [0.4, 0.5) is 0 Å². The molecule has 0 saturated carbocycles. The van der Waals surface area contributed by atoms with Gasteiger partial charge >= 0.3 is 0 Å².